The number of hydrogen-bond donors (Lipinski definition) is 0. The van der Waals surface area contributed by atoms with Crippen LogP contribution < -0.4 is 0 Å². The Labute approximate surface area is 50.8 Å². The zero-order valence-corrected chi connectivity index (χ0v) is 4.71. The fourth-order valence-corrected chi connectivity index (χ4v) is 0.227. The van der Waals surface area contributed by atoms with Crippen LogP contribution in [0.4, 0.5) is 0 Å². The maximum Gasteiger partial charge on any atom is 0.271 e. The SMILES string of the molecule is CC(=O)C(=O)C(=O)C=O. The molecule has 0 fully saturated rings. The zero-order valence-electron chi connectivity index (χ0n) is 4.71. The summed E-state index contributed by atoms with van der Waals surface area (Å²) < 4.78 is 0. The van der Waals surface area contributed by atoms with Crippen LogP contribution in [-0.4, -0.2) is 23.6 Å². The third kappa shape index (κ3) is 1.94. The molecule has 0 N–H and O–H groups in total. The second-order valence-electron chi connectivity index (χ2n) is 1.37. The molecule has 4 heteroatoms. The number of hydrogen-bond acceptors (Lipinski definition) is 4. The molecule has 0 spiro atoms. The van der Waals surface area contributed by atoms with Crippen LogP contribution in [0.2, 0.25) is 0 Å². The summed E-state index contributed by atoms with van der Waals surface area (Å²) in [5.74, 6) is -3.46. The molecule has 0 aromatic carbocycles. The first-order chi connectivity index (χ1) is 4.09. The molecule has 0 saturated heterocycles. The average molecular weight is 128 g/mol. The number of carbonyl (C=O) groups is 4. The molecule has 0 aromatic heterocycles. The molecule has 48 valence electrons. The highest BCUT2D eigenvalue weighted by molar-refractivity contribution is 6.74. The van der Waals surface area contributed by atoms with E-state index >= 15 is 0 Å². The Morgan fingerprint density at radius 2 is 1.67 bits per heavy atom. The molecular weight excluding hydrogens is 124 g/mol. The van der Waals surface area contributed by atoms with E-state index in [-0.39, 0.29) is 6.29 Å². The molecule has 0 atom stereocenters. The maximum atomic E-state index is 10.1. The average Bonchev–Trinajstić information content (AvgIpc) is 1.84. The van der Waals surface area contributed by atoms with Crippen LogP contribution in [-0.2, 0) is 19.2 Å². The van der Waals surface area contributed by atoms with Crippen molar-refractivity contribution in [2.24, 2.45) is 0 Å². The molecule has 0 aliphatic heterocycles. The van der Waals surface area contributed by atoms with Gasteiger partial charge in [0.15, 0.2) is 6.29 Å². The van der Waals surface area contributed by atoms with Crippen LogP contribution in [0.25, 0.3) is 0 Å². The van der Waals surface area contributed by atoms with Gasteiger partial charge in [0.25, 0.3) is 11.6 Å². The van der Waals surface area contributed by atoms with E-state index in [1.54, 1.807) is 0 Å². The third-order valence-electron chi connectivity index (χ3n) is 0.651. The van der Waals surface area contributed by atoms with Crippen LogP contribution in [0.5, 0.6) is 0 Å². The van der Waals surface area contributed by atoms with Crippen molar-refractivity contribution >= 4 is 23.6 Å². The second-order valence-corrected chi connectivity index (χ2v) is 1.37. The highest BCUT2D eigenvalue weighted by Gasteiger charge is 2.16. The lowest BCUT2D eigenvalue weighted by Gasteiger charge is -1.81. The summed E-state index contributed by atoms with van der Waals surface area (Å²) in [6, 6.07) is 0. The summed E-state index contributed by atoms with van der Waals surface area (Å²) >= 11 is 0. The lowest BCUT2D eigenvalue weighted by Crippen LogP contribution is -2.21. The summed E-state index contributed by atoms with van der Waals surface area (Å²) in [5, 5.41) is 0. The van der Waals surface area contributed by atoms with Gasteiger partial charge in [-0.3, -0.25) is 19.2 Å². The molecule has 0 aliphatic rings. The number of carbonyl (C=O) groups excluding carboxylic acids is 4. The van der Waals surface area contributed by atoms with E-state index in [1.165, 1.54) is 0 Å². The molecule has 4 nitrogen and oxygen atoms in total. The van der Waals surface area contributed by atoms with Gasteiger partial charge in [0.05, 0.1) is 0 Å². The van der Waals surface area contributed by atoms with Crippen molar-refractivity contribution in [3.8, 4) is 0 Å². The molecule has 0 radical (unpaired) electrons. The minimum Gasteiger partial charge on any atom is -0.294 e. The number of rotatable bonds is 3. The quantitative estimate of drug-likeness (QED) is 0.275. The van der Waals surface area contributed by atoms with Crippen LogP contribution in [0.15, 0.2) is 0 Å². The van der Waals surface area contributed by atoms with Gasteiger partial charge >= 0.3 is 0 Å². The van der Waals surface area contributed by atoms with E-state index in [2.05, 4.69) is 0 Å². The normalized spacial score (nSPS) is 8.11. The summed E-state index contributed by atoms with van der Waals surface area (Å²) in [7, 11) is 0. The van der Waals surface area contributed by atoms with Gasteiger partial charge in [0.2, 0.25) is 5.78 Å². The molecular formula is C5H4O4. The van der Waals surface area contributed by atoms with Gasteiger partial charge < -0.3 is 0 Å². The largest absolute Gasteiger partial charge is 0.294 e. The van der Waals surface area contributed by atoms with Gasteiger partial charge in [0.1, 0.15) is 0 Å². The highest BCUT2D eigenvalue weighted by atomic mass is 16.2. The monoisotopic (exact) mass is 128 g/mol. The second kappa shape index (κ2) is 2.86. The Morgan fingerprint density at radius 1 is 1.22 bits per heavy atom. The predicted molar refractivity (Wildman–Crippen MR) is 26.8 cm³/mol. The van der Waals surface area contributed by atoms with Crippen molar-refractivity contribution in [2.75, 3.05) is 0 Å². The Hall–Kier alpha value is -1.32. The molecule has 0 bridgehead atoms. The Morgan fingerprint density at radius 3 is 1.78 bits per heavy atom. The Bertz CT molecular complexity index is 179. The third-order valence-corrected chi connectivity index (χ3v) is 0.651. The molecule has 0 heterocycles. The fourth-order valence-electron chi connectivity index (χ4n) is 0.227. The maximum absolute atomic E-state index is 10.1. The van der Waals surface area contributed by atoms with Gasteiger partial charge in [-0.1, -0.05) is 0 Å². The van der Waals surface area contributed by atoms with E-state index in [9.17, 15) is 19.2 Å². The zero-order chi connectivity index (χ0) is 7.44. The molecule has 0 unspecified atom stereocenters. The van der Waals surface area contributed by atoms with Crippen molar-refractivity contribution in [3.05, 3.63) is 0 Å². The van der Waals surface area contributed by atoms with E-state index < -0.39 is 17.3 Å². The highest BCUT2D eigenvalue weighted by Crippen LogP contribution is 1.74. The standard InChI is InChI=1S/C5H4O4/c1-3(7)5(9)4(8)2-6/h2H,1H3. The first-order valence-corrected chi connectivity index (χ1v) is 2.14. The topological polar surface area (TPSA) is 68.3 Å². The number of Topliss-reactive ketones (excluding diaryl/α,β-unsaturated/α-hetero) is 3. The van der Waals surface area contributed by atoms with Crippen LogP contribution in [0.3, 0.4) is 0 Å². The van der Waals surface area contributed by atoms with Gasteiger partial charge in [-0.25, -0.2) is 0 Å². The summed E-state index contributed by atoms with van der Waals surface area (Å²) in [6.07, 6.45) is -0.177. The lowest BCUT2D eigenvalue weighted by molar-refractivity contribution is -0.145. The molecule has 9 heavy (non-hydrogen) atoms. The van der Waals surface area contributed by atoms with Crippen molar-refractivity contribution in [1.82, 2.24) is 0 Å². The van der Waals surface area contributed by atoms with Crippen molar-refractivity contribution in [2.45, 2.75) is 6.92 Å². The summed E-state index contributed by atoms with van der Waals surface area (Å²) in [5.41, 5.74) is 0. The van der Waals surface area contributed by atoms with Crippen molar-refractivity contribution < 1.29 is 19.2 Å². The number of ketones is 3. The summed E-state index contributed by atoms with van der Waals surface area (Å²) in [4.78, 5) is 39.7. The van der Waals surface area contributed by atoms with Crippen LogP contribution in [0.1, 0.15) is 6.92 Å². The molecule has 0 rings (SSSR count). The van der Waals surface area contributed by atoms with E-state index in [0.717, 1.165) is 6.92 Å². The molecule has 0 aromatic rings. The lowest BCUT2D eigenvalue weighted by atomic mass is 10.2. The molecule has 0 saturated carbocycles. The van der Waals surface area contributed by atoms with Gasteiger partial charge in [0, 0.05) is 6.92 Å². The smallest absolute Gasteiger partial charge is 0.271 e. The minimum atomic E-state index is -1.29. The van der Waals surface area contributed by atoms with Gasteiger partial charge in [-0.15, -0.1) is 0 Å². The van der Waals surface area contributed by atoms with Crippen molar-refractivity contribution in [1.29, 1.82) is 0 Å². The molecule has 0 aliphatic carbocycles. The van der Waals surface area contributed by atoms with Gasteiger partial charge in [-0.05, 0) is 0 Å². The van der Waals surface area contributed by atoms with Gasteiger partial charge in [-0.2, -0.15) is 0 Å². The van der Waals surface area contributed by atoms with Crippen molar-refractivity contribution in [3.63, 3.8) is 0 Å². The van der Waals surface area contributed by atoms with Crippen LogP contribution in [0, 0.1) is 0 Å². The minimum absolute atomic E-state index is 0.177. The fraction of sp³-hybridized carbons (Fsp3) is 0.200. The first-order valence-electron chi connectivity index (χ1n) is 2.14. The summed E-state index contributed by atoms with van der Waals surface area (Å²) in [6.45, 7) is 0.934. The van der Waals surface area contributed by atoms with E-state index in [4.69, 9.17) is 0 Å². The first kappa shape index (κ1) is 7.68. The van der Waals surface area contributed by atoms with E-state index in [0.29, 0.717) is 0 Å². The molecule has 0 amide bonds. The Kier molecular flexibility index (Phi) is 2.44. The van der Waals surface area contributed by atoms with E-state index in [1.807, 2.05) is 0 Å². The Balaban J connectivity index is 4.22. The number of aldehydes is 1. The predicted octanol–water partition coefficient (Wildman–Crippen LogP) is -1.09. The van der Waals surface area contributed by atoms with Crippen LogP contribution >= 0.6 is 0 Å².